The van der Waals surface area contributed by atoms with Crippen LogP contribution in [0.4, 0.5) is 10.1 Å². The summed E-state index contributed by atoms with van der Waals surface area (Å²) in [6.45, 7) is 3.28. The molecule has 1 unspecified atom stereocenters. The van der Waals surface area contributed by atoms with Crippen LogP contribution in [0.15, 0.2) is 18.2 Å². The van der Waals surface area contributed by atoms with Crippen molar-refractivity contribution in [1.82, 2.24) is 0 Å². The number of aryl methyl sites for hydroxylation is 1. The Bertz CT molecular complexity index is 549. The lowest BCUT2D eigenvalue weighted by molar-refractivity contribution is 0.590. The predicted molar refractivity (Wildman–Crippen MR) is 63.4 cm³/mol. The number of benzene rings is 1. The Morgan fingerprint density at radius 2 is 2.18 bits per heavy atom. The van der Waals surface area contributed by atoms with E-state index in [4.69, 9.17) is 5.26 Å². The molecule has 1 aromatic carbocycles. The zero-order valence-corrected chi connectivity index (χ0v) is 10.4. The number of rotatable bonds is 4. The van der Waals surface area contributed by atoms with Gasteiger partial charge in [0.15, 0.2) is 5.25 Å². The van der Waals surface area contributed by atoms with Crippen LogP contribution in [-0.2, 0) is 10.0 Å². The Morgan fingerprint density at radius 1 is 1.53 bits per heavy atom. The van der Waals surface area contributed by atoms with Crippen LogP contribution < -0.4 is 4.72 Å². The normalized spacial score (nSPS) is 12.8. The summed E-state index contributed by atoms with van der Waals surface area (Å²) in [5.74, 6) is -0.652. The number of sulfonamides is 1. The molecule has 0 aliphatic heterocycles. The summed E-state index contributed by atoms with van der Waals surface area (Å²) in [4.78, 5) is 0. The highest BCUT2D eigenvalue weighted by molar-refractivity contribution is 7.93. The number of nitrogens with zero attached hydrogens (tertiary/aromatic N) is 1. The van der Waals surface area contributed by atoms with Crippen molar-refractivity contribution in [2.45, 2.75) is 25.5 Å². The van der Waals surface area contributed by atoms with Gasteiger partial charge in [0.2, 0.25) is 10.0 Å². The zero-order valence-electron chi connectivity index (χ0n) is 9.57. The van der Waals surface area contributed by atoms with Crippen molar-refractivity contribution in [3.63, 3.8) is 0 Å². The van der Waals surface area contributed by atoms with Gasteiger partial charge in [0.05, 0.1) is 11.8 Å². The molecule has 1 N–H and O–H groups in total. The molecule has 0 amide bonds. The highest BCUT2D eigenvalue weighted by Crippen LogP contribution is 2.18. The average molecular weight is 256 g/mol. The summed E-state index contributed by atoms with van der Waals surface area (Å²) >= 11 is 0. The van der Waals surface area contributed by atoms with Crippen LogP contribution in [0.1, 0.15) is 18.9 Å². The lowest BCUT2D eigenvalue weighted by Gasteiger charge is -2.12. The first kappa shape index (κ1) is 13.5. The molecule has 17 heavy (non-hydrogen) atoms. The van der Waals surface area contributed by atoms with Gasteiger partial charge in [0, 0.05) is 0 Å². The number of hydrogen-bond acceptors (Lipinski definition) is 3. The van der Waals surface area contributed by atoms with Crippen molar-refractivity contribution in [3.8, 4) is 6.07 Å². The van der Waals surface area contributed by atoms with Gasteiger partial charge in [0.1, 0.15) is 5.82 Å². The molecule has 1 aromatic rings. The third kappa shape index (κ3) is 3.17. The van der Waals surface area contributed by atoms with E-state index in [-0.39, 0.29) is 12.1 Å². The monoisotopic (exact) mass is 256 g/mol. The Morgan fingerprint density at radius 3 is 2.65 bits per heavy atom. The summed E-state index contributed by atoms with van der Waals surface area (Å²) in [5, 5.41) is 7.51. The maximum Gasteiger partial charge on any atom is 0.249 e. The Balaban J connectivity index is 3.03. The molecule has 0 aromatic heterocycles. The third-order valence-electron chi connectivity index (χ3n) is 2.27. The minimum absolute atomic E-state index is 0.135. The zero-order chi connectivity index (χ0) is 13.1. The van der Waals surface area contributed by atoms with E-state index in [0.29, 0.717) is 5.56 Å². The van der Waals surface area contributed by atoms with Gasteiger partial charge in [-0.2, -0.15) is 5.26 Å². The van der Waals surface area contributed by atoms with Crippen molar-refractivity contribution in [3.05, 3.63) is 29.6 Å². The second-order valence-electron chi connectivity index (χ2n) is 3.66. The standard InChI is InChI=1S/C11H13FN2O2S/c1-3-9(7-13)17(15,16)14-11-5-4-8(2)6-10(11)12/h4-6,9,14H,3H2,1-2H3. The molecule has 0 bridgehead atoms. The summed E-state index contributed by atoms with van der Waals surface area (Å²) in [5.41, 5.74) is 0.557. The van der Waals surface area contributed by atoms with Crippen molar-refractivity contribution in [2.75, 3.05) is 4.72 Å². The van der Waals surface area contributed by atoms with E-state index in [1.807, 2.05) is 0 Å². The molecule has 6 heteroatoms. The molecule has 0 radical (unpaired) electrons. The van der Waals surface area contributed by atoms with Gasteiger partial charge < -0.3 is 0 Å². The van der Waals surface area contributed by atoms with E-state index in [1.165, 1.54) is 12.1 Å². The second kappa shape index (κ2) is 5.15. The van der Waals surface area contributed by atoms with Crippen molar-refractivity contribution in [2.24, 2.45) is 0 Å². The molecule has 0 fully saturated rings. The van der Waals surface area contributed by atoms with Crippen LogP contribution in [0.5, 0.6) is 0 Å². The van der Waals surface area contributed by atoms with Crippen LogP contribution in [0, 0.1) is 24.1 Å². The fourth-order valence-corrected chi connectivity index (χ4v) is 2.50. The summed E-state index contributed by atoms with van der Waals surface area (Å²) in [7, 11) is -3.86. The topological polar surface area (TPSA) is 70.0 Å². The SMILES string of the molecule is CCC(C#N)S(=O)(=O)Nc1ccc(C)cc1F. The average Bonchev–Trinajstić information content (AvgIpc) is 2.23. The van der Waals surface area contributed by atoms with Crippen LogP contribution in [0.3, 0.4) is 0 Å². The highest BCUT2D eigenvalue weighted by Gasteiger charge is 2.24. The van der Waals surface area contributed by atoms with Crippen LogP contribution in [-0.4, -0.2) is 13.7 Å². The Labute approximate surface area is 100 Å². The third-order valence-corrected chi connectivity index (χ3v) is 3.96. The smallest absolute Gasteiger partial charge is 0.249 e. The molecule has 0 aliphatic carbocycles. The summed E-state index contributed by atoms with van der Waals surface area (Å²) in [6.07, 6.45) is 0.152. The molecule has 92 valence electrons. The minimum atomic E-state index is -3.86. The molecule has 0 aliphatic rings. The largest absolute Gasteiger partial charge is 0.279 e. The number of nitriles is 1. The predicted octanol–water partition coefficient (Wildman–Crippen LogP) is 2.18. The number of nitrogens with one attached hydrogen (secondary N) is 1. The maximum atomic E-state index is 13.4. The fourth-order valence-electron chi connectivity index (χ4n) is 1.31. The van der Waals surface area contributed by atoms with E-state index in [0.717, 1.165) is 0 Å². The van der Waals surface area contributed by atoms with Crippen molar-refractivity contribution in [1.29, 1.82) is 5.26 Å². The van der Waals surface area contributed by atoms with Crippen molar-refractivity contribution < 1.29 is 12.8 Å². The van der Waals surface area contributed by atoms with Gasteiger partial charge in [-0.1, -0.05) is 13.0 Å². The summed E-state index contributed by atoms with van der Waals surface area (Å²) in [6, 6.07) is 5.83. The molecule has 1 atom stereocenters. The van der Waals surface area contributed by atoms with Gasteiger partial charge in [0.25, 0.3) is 0 Å². The van der Waals surface area contributed by atoms with E-state index in [2.05, 4.69) is 4.72 Å². The molecule has 4 nitrogen and oxygen atoms in total. The lowest BCUT2D eigenvalue weighted by Crippen LogP contribution is -2.26. The number of halogens is 1. The van der Waals surface area contributed by atoms with Gasteiger partial charge in [-0.15, -0.1) is 0 Å². The fraction of sp³-hybridized carbons (Fsp3) is 0.364. The first-order valence-corrected chi connectivity index (χ1v) is 6.62. The summed E-state index contributed by atoms with van der Waals surface area (Å²) < 4.78 is 38.9. The molecular formula is C11H13FN2O2S. The molecule has 0 saturated carbocycles. The van der Waals surface area contributed by atoms with Gasteiger partial charge >= 0.3 is 0 Å². The van der Waals surface area contributed by atoms with Gasteiger partial charge in [-0.3, -0.25) is 4.72 Å². The lowest BCUT2D eigenvalue weighted by atomic mass is 10.2. The molecule has 1 rings (SSSR count). The Kier molecular flexibility index (Phi) is 4.07. The first-order valence-electron chi connectivity index (χ1n) is 5.08. The molecule has 0 spiro atoms. The number of hydrogen-bond donors (Lipinski definition) is 1. The Hall–Kier alpha value is -1.61. The highest BCUT2D eigenvalue weighted by atomic mass is 32.2. The van der Waals surface area contributed by atoms with E-state index >= 15 is 0 Å². The number of anilines is 1. The van der Waals surface area contributed by atoms with E-state index in [1.54, 1.807) is 26.0 Å². The van der Waals surface area contributed by atoms with Gasteiger partial charge in [-0.05, 0) is 31.0 Å². The van der Waals surface area contributed by atoms with Crippen LogP contribution in [0.2, 0.25) is 0 Å². The first-order chi connectivity index (χ1) is 7.90. The van der Waals surface area contributed by atoms with Crippen LogP contribution in [0.25, 0.3) is 0 Å². The second-order valence-corrected chi connectivity index (χ2v) is 5.52. The van der Waals surface area contributed by atoms with Crippen molar-refractivity contribution >= 4 is 15.7 Å². The molecule has 0 heterocycles. The molecular weight excluding hydrogens is 243 g/mol. The quantitative estimate of drug-likeness (QED) is 0.897. The minimum Gasteiger partial charge on any atom is -0.279 e. The van der Waals surface area contributed by atoms with Crippen LogP contribution >= 0.6 is 0 Å². The van der Waals surface area contributed by atoms with Gasteiger partial charge in [-0.25, -0.2) is 12.8 Å². The van der Waals surface area contributed by atoms with E-state index < -0.39 is 21.1 Å². The molecule has 0 saturated heterocycles. The maximum absolute atomic E-state index is 13.4. The van der Waals surface area contributed by atoms with E-state index in [9.17, 15) is 12.8 Å².